The van der Waals surface area contributed by atoms with Crippen LogP contribution >= 0.6 is 11.8 Å². The summed E-state index contributed by atoms with van der Waals surface area (Å²) in [7, 11) is 0. The van der Waals surface area contributed by atoms with Gasteiger partial charge in [-0.25, -0.2) is 0 Å². The van der Waals surface area contributed by atoms with Gasteiger partial charge in [0.1, 0.15) is 0 Å². The quantitative estimate of drug-likeness (QED) is 0.763. The number of rotatable bonds is 7. The van der Waals surface area contributed by atoms with E-state index >= 15 is 0 Å². The number of halogens is 3. The Hall–Kier alpha value is -1.14. The minimum Gasteiger partial charge on any atom is -0.347 e. The lowest BCUT2D eigenvalue weighted by Crippen LogP contribution is -2.13. The molecule has 0 saturated heterocycles. The molecule has 2 rings (SSSR count). The highest BCUT2D eigenvalue weighted by molar-refractivity contribution is 8.00. The normalized spacial score (nSPS) is 12.2. The van der Waals surface area contributed by atoms with Crippen LogP contribution < -0.4 is 5.32 Å². The maximum absolute atomic E-state index is 12.1. The fourth-order valence-electron chi connectivity index (χ4n) is 2.22. The number of nitrogens with one attached hydrogen (secondary N) is 1. The molecule has 0 saturated carbocycles. The third-order valence-electron chi connectivity index (χ3n) is 3.19. The maximum Gasteiger partial charge on any atom is 0.441 e. The Morgan fingerprint density at radius 3 is 2.76 bits per heavy atom. The van der Waals surface area contributed by atoms with E-state index in [1.807, 2.05) is 29.0 Å². The molecule has 0 fully saturated rings. The number of hydrogen-bond acceptors (Lipinski definition) is 2. The van der Waals surface area contributed by atoms with Gasteiger partial charge in [-0.2, -0.15) is 13.2 Å². The van der Waals surface area contributed by atoms with Crippen LogP contribution in [0.25, 0.3) is 10.9 Å². The topological polar surface area (TPSA) is 17.0 Å². The van der Waals surface area contributed by atoms with Crippen molar-refractivity contribution in [1.82, 2.24) is 9.88 Å². The largest absolute Gasteiger partial charge is 0.441 e. The van der Waals surface area contributed by atoms with E-state index in [0.717, 1.165) is 30.4 Å². The Labute approximate surface area is 126 Å². The first-order valence-electron chi connectivity index (χ1n) is 6.99. The average molecular weight is 316 g/mol. The van der Waals surface area contributed by atoms with Gasteiger partial charge in [0.2, 0.25) is 0 Å². The van der Waals surface area contributed by atoms with E-state index < -0.39 is 5.51 Å². The first-order valence-corrected chi connectivity index (χ1v) is 7.97. The summed E-state index contributed by atoms with van der Waals surface area (Å²) in [5.74, 6) is 0.0348. The number of thioether (sulfide) groups is 1. The Balaban J connectivity index is 2.00. The summed E-state index contributed by atoms with van der Waals surface area (Å²) >= 11 is 0.0263. The van der Waals surface area contributed by atoms with Gasteiger partial charge >= 0.3 is 5.51 Å². The van der Waals surface area contributed by atoms with Gasteiger partial charge in [-0.15, -0.1) is 0 Å². The highest BCUT2D eigenvalue weighted by Crippen LogP contribution is 2.30. The lowest BCUT2D eigenvalue weighted by molar-refractivity contribution is -0.0328. The summed E-state index contributed by atoms with van der Waals surface area (Å²) in [6, 6.07) is 8.05. The molecule has 0 aliphatic carbocycles. The van der Waals surface area contributed by atoms with E-state index in [0.29, 0.717) is 6.54 Å². The first-order chi connectivity index (χ1) is 9.99. The van der Waals surface area contributed by atoms with Crippen LogP contribution in [0.1, 0.15) is 18.9 Å². The van der Waals surface area contributed by atoms with Crippen molar-refractivity contribution >= 4 is 22.7 Å². The van der Waals surface area contributed by atoms with Crippen molar-refractivity contribution in [3.05, 3.63) is 36.0 Å². The van der Waals surface area contributed by atoms with Crippen molar-refractivity contribution in [3.63, 3.8) is 0 Å². The number of benzene rings is 1. The molecule has 0 bridgehead atoms. The summed E-state index contributed by atoms with van der Waals surface area (Å²) in [5.41, 5.74) is -1.98. The summed E-state index contributed by atoms with van der Waals surface area (Å²) in [4.78, 5) is 0. The van der Waals surface area contributed by atoms with E-state index in [9.17, 15) is 13.2 Å². The second kappa shape index (κ2) is 7.22. The van der Waals surface area contributed by atoms with Crippen LogP contribution in [-0.2, 0) is 13.1 Å². The maximum atomic E-state index is 12.1. The fraction of sp³-hybridized carbons (Fsp3) is 0.467. The van der Waals surface area contributed by atoms with Crippen molar-refractivity contribution in [1.29, 1.82) is 0 Å². The first kappa shape index (κ1) is 16.2. The molecule has 0 radical (unpaired) electrons. The lowest BCUT2D eigenvalue weighted by Gasteiger charge is -2.08. The third kappa shape index (κ3) is 4.97. The van der Waals surface area contributed by atoms with E-state index in [-0.39, 0.29) is 17.5 Å². The monoisotopic (exact) mass is 316 g/mol. The van der Waals surface area contributed by atoms with Crippen molar-refractivity contribution in [3.8, 4) is 0 Å². The Morgan fingerprint density at radius 2 is 2.05 bits per heavy atom. The molecule has 2 nitrogen and oxygen atoms in total. The van der Waals surface area contributed by atoms with E-state index in [2.05, 4.69) is 18.3 Å². The van der Waals surface area contributed by atoms with E-state index in [1.54, 1.807) is 0 Å². The van der Waals surface area contributed by atoms with Crippen LogP contribution in [-0.4, -0.2) is 22.4 Å². The molecule has 0 unspecified atom stereocenters. The van der Waals surface area contributed by atoms with Gasteiger partial charge in [-0.05, 0) is 53.9 Å². The molecule has 6 heteroatoms. The third-order valence-corrected chi connectivity index (χ3v) is 3.90. The second-order valence-corrected chi connectivity index (χ2v) is 6.03. The van der Waals surface area contributed by atoms with Gasteiger partial charge in [-0.3, -0.25) is 0 Å². The second-order valence-electron chi connectivity index (χ2n) is 4.87. The molecule has 1 aromatic heterocycles. The van der Waals surface area contributed by atoms with E-state index in [4.69, 9.17) is 0 Å². The Bertz CT molecular complexity index is 578. The van der Waals surface area contributed by atoms with Crippen LogP contribution in [0.4, 0.5) is 13.2 Å². The molecule has 2 aromatic rings. The predicted molar refractivity (Wildman–Crippen MR) is 82.4 cm³/mol. The van der Waals surface area contributed by atoms with Crippen LogP contribution in [0.5, 0.6) is 0 Å². The average Bonchev–Trinajstić information content (AvgIpc) is 2.80. The summed E-state index contributed by atoms with van der Waals surface area (Å²) in [6.07, 6.45) is 2.94. The molecular weight excluding hydrogens is 297 g/mol. The van der Waals surface area contributed by atoms with Gasteiger partial charge in [0, 0.05) is 30.6 Å². The molecule has 1 aromatic carbocycles. The van der Waals surface area contributed by atoms with Crippen molar-refractivity contribution in [2.75, 3.05) is 12.3 Å². The van der Waals surface area contributed by atoms with Gasteiger partial charge in [0.25, 0.3) is 0 Å². The zero-order valence-electron chi connectivity index (χ0n) is 11.9. The van der Waals surface area contributed by atoms with Crippen LogP contribution in [0, 0.1) is 0 Å². The smallest absolute Gasteiger partial charge is 0.347 e. The summed E-state index contributed by atoms with van der Waals surface area (Å²) < 4.78 is 38.3. The molecule has 0 aliphatic heterocycles. The zero-order valence-corrected chi connectivity index (χ0v) is 12.7. The van der Waals surface area contributed by atoms with Crippen LogP contribution in [0.15, 0.2) is 30.5 Å². The molecule has 0 amide bonds. The van der Waals surface area contributed by atoms with Crippen molar-refractivity contribution in [2.45, 2.75) is 31.9 Å². The van der Waals surface area contributed by atoms with Gasteiger partial charge in [0.05, 0.1) is 0 Å². The molecule has 0 aliphatic rings. The van der Waals surface area contributed by atoms with Gasteiger partial charge < -0.3 is 9.88 Å². The van der Waals surface area contributed by atoms with Gasteiger partial charge in [-0.1, -0.05) is 13.0 Å². The summed E-state index contributed by atoms with van der Waals surface area (Å²) in [6.45, 7) is 4.28. The highest BCUT2D eigenvalue weighted by Gasteiger charge is 2.27. The van der Waals surface area contributed by atoms with Crippen molar-refractivity contribution < 1.29 is 13.2 Å². The number of aromatic nitrogens is 1. The predicted octanol–water partition coefficient (Wildman–Crippen LogP) is 4.39. The number of hydrogen-bond donors (Lipinski definition) is 1. The molecule has 0 spiro atoms. The summed E-state index contributed by atoms with van der Waals surface area (Å²) in [5, 5.41) is 4.41. The molecule has 0 atom stereocenters. The number of fused-ring (bicyclic) bond motifs is 1. The standard InChI is InChI=1S/C15H19F3N2S/c1-2-6-19-11-12-3-4-14-13(10-12)5-7-20(14)8-9-21-15(16,17)18/h3-5,7,10,19H,2,6,8-9,11H2,1H3. The molecule has 116 valence electrons. The fourth-order valence-corrected chi connectivity index (χ4v) is 2.74. The Kier molecular flexibility index (Phi) is 5.58. The Morgan fingerprint density at radius 1 is 1.24 bits per heavy atom. The number of aryl methyl sites for hydroxylation is 1. The van der Waals surface area contributed by atoms with Crippen molar-refractivity contribution in [2.24, 2.45) is 0 Å². The van der Waals surface area contributed by atoms with E-state index in [1.165, 1.54) is 5.56 Å². The van der Waals surface area contributed by atoms with Gasteiger partial charge in [0.15, 0.2) is 0 Å². The molecule has 1 heterocycles. The molecule has 1 N–H and O–H groups in total. The highest BCUT2D eigenvalue weighted by atomic mass is 32.2. The molecule has 21 heavy (non-hydrogen) atoms. The van der Waals surface area contributed by atoms with Crippen LogP contribution in [0.2, 0.25) is 0 Å². The lowest BCUT2D eigenvalue weighted by atomic mass is 10.1. The van der Waals surface area contributed by atoms with Crippen LogP contribution in [0.3, 0.4) is 0 Å². The zero-order chi connectivity index (χ0) is 15.3. The molecular formula is C15H19F3N2S. The number of alkyl halides is 3. The SMILES string of the molecule is CCCNCc1ccc2c(ccn2CCSC(F)(F)F)c1. The minimum absolute atomic E-state index is 0.0263. The number of nitrogens with zero attached hydrogens (tertiary/aromatic N) is 1. The minimum atomic E-state index is -4.15.